The average molecular weight is 795 g/mol. The molecule has 8 rings (SSSR count). The topological polar surface area (TPSA) is 106 Å². The van der Waals surface area contributed by atoms with Crippen molar-refractivity contribution in [2.45, 2.75) is 88.8 Å². The molecule has 0 saturated heterocycles. The molecule has 0 atom stereocenters. The first-order chi connectivity index (χ1) is 26.9. The highest BCUT2D eigenvalue weighted by molar-refractivity contribution is 7.98. The van der Waals surface area contributed by atoms with Crippen molar-refractivity contribution < 1.29 is 23.8 Å². The minimum atomic E-state index is -0.720. The van der Waals surface area contributed by atoms with Gasteiger partial charge >= 0.3 is 12.1 Å². The second-order valence-electron chi connectivity index (χ2n) is 15.6. The number of esters is 1. The Balaban J connectivity index is 1.32. The Hall–Kier alpha value is -4.94. The molecule has 0 unspecified atom stereocenters. The summed E-state index contributed by atoms with van der Waals surface area (Å²) in [6.07, 6.45) is 3.57. The third-order valence-electron chi connectivity index (χ3n) is 10.6. The number of aryl methyl sites for hydroxylation is 4. The van der Waals surface area contributed by atoms with Crippen molar-refractivity contribution in [1.29, 1.82) is 0 Å². The summed E-state index contributed by atoms with van der Waals surface area (Å²) < 4.78 is 23.8. The Morgan fingerprint density at radius 2 is 1.75 bits per heavy atom. The molecule has 1 amide bonds. The molecular weight excluding hydrogens is 748 g/mol. The predicted molar refractivity (Wildman–Crippen MR) is 219 cm³/mol. The number of ether oxygens (including phenoxy) is 3. The van der Waals surface area contributed by atoms with Gasteiger partial charge < -0.3 is 18.8 Å². The van der Waals surface area contributed by atoms with E-state index in [0.717, 1.165) is 91.9 Å². The molecule has 6 aromatic rings. The zero-order valence-electron chi connectivity index (χ0n) is 32.8. The summed E-state index contributed by atoms with van der Waals surface area (Å²) in [6, 6.07) is 18.5. The Labute approximate surface area is 335 Å². The number of methoxy groups -OCH3 is 1. The molecule has 11 nitrogen and oxygen atoms in total. The third kappa shape index (κ3) is 7.25. The lowest BCUT2D eigenvalue weighted by atomic mass is 9.95. The molecule has 13 heteroatoms. The molecule has 0 fully saturated rings. The number of halogens is 1. The Kier molecular flexibility index (Phi) is 10.3. The molecule has 3 aromatic carbocycles. The Bertz CT molecular complexity index is 2490. The summed E-state index contributed by atoms with van der Waals surface area (Å²) in [5.74, 6) is 1.06. The quantitative estimate of drug-likeness (QED) is 0.152. The molecular formula is C43H47ClN6O5S. The lowest BCUT2D eigenvalue weighted by Crippen LogP contribution is -2.36. The van der Waals surface area contributed by atoms with E-state index in [1.165, 1.54) is 7.11 Å². The number of carbonyl (C=O) groups is 2. The number of aromatic nitrogens is 5. The van der Waals surface area contributed by atoms with E-state index in [1.54, 1.807) is 16.7 Å². The minimum Gasteiger partial charge on any atom is -0.493 e. The van der Waals surface area contributed by atoms with Crippen molar-refractivity contribution in [3.8, 4) is 16.9 Å². The maximum absolute atomic E-state index is 14.1. The number of rotatable bonds is 1. The monoisotopic (exact) mass is 794 g/mol. The molecule has 3 aromatic heterocycles. The first-order valence-corrected chi connectivity index (χ1v) is 20.5. The Morgan fingerprint density at radius 1 is 0.929 bits per heavy atom. The second-order valence-corrected chi connectivity index (χ2v) is 17.1. The van der Waals surface area contributed by atoms with E-state index in [0.29, 0.717) is 41.6 Å². The predicted octanol–water partition coefficient (Wildman–Crippen LogP) is 9.26. The van der Waals surface area contributed by atoms with Crippen LogP contribution in [0.3, 0.4) is 0 Å². The van der Waals surface area contributed by atoms with Crippen molar-refractivity contribution in [1.82, 2.24) is 29.0 Å². The standard InChI is InChI=1S/C43H47ClN6O5S/c1-43(2,3)55-42(52)49-23-27-21-28(48(5)45-27)25-56-29-20-26-12-7-8-13-30(26)36(22-29)54-19-11-14-31-32-16-17-33(44)37(39(32)47(4)40(31)41(51)53-6)38-34(24-49)46-50-18-10-9-15-35(38)50/h7-8,12-13,16-17,20-22H,9-11,14-15,18-19,23-25H2,1-6H3. The van der Waals surface area contributed by atoms with Crippen LogP contribution < -0.4 is 4.74 Å². The van der Waals surface area contributed by atoms with Gasteiger partial charge in [-0.2, -0.15) is 10.2 Å². The van der Waals surface area contributed by atoms with Gasteiger partial charge in [0.25, 0.3) is 0 Å². The van der Waals surface area contributed by atoms with E-state index >= 15 is 0 Å². The van der Waals surface area contributed by atoms with Gasteiger partial charge in [0.2, 0.25) is 0 Å². The van der Waals surface area contributed by atoms with E-state index in [-0.39, 0.29) is 13.1 Å². The highest BCUT2D eigenvalue weighted by Gasteiger charge is 2.32. The molecule has 0 radical (unpaired) electrons. The number of carbonyl (C=O) groups excluding carboxylic acids is 2. The van der Waals surface area contributed by atoms with E-state index in [4.69, 9.17) is 36.0 Å². The van der Waals surface area contributed by atoms with E-state index < -0.39 is 17.7 Å². The highest BCUT2D eigenvalue weighted by atomic mass is 35.5. The smallest absolute Gasteiger partial charge is 0.410 e. The van der Waals surface area contributed by atoms with Crippen molar-refractivity contribution in [3.05, 3.63) is 93.7 Å². The number of hydrogen-bond acceptors (Lipinski definition) is 8. The van der Waals surface area contributed by atoms with Crippen LogP contribution in [0.2, 0.25) is 5.02 Å². The molecule has 0 spiro atoms. The lowest BCUT2D eigenvalue weighted by molar-refractivity contribution is 0.0211. The number of benzene rings is 3. The average Bonchev–Trinajstić information content (AvgIpc) is 3.80. The van der Waals surface area contributed by atoms with E-state index in [2.05, 4.69) is 35.0 Å². The molecule has 8 bridgehead atoms. The summed E-state index contributed by atoms with van der Waals surface area (Å²) in [4.78, 5) is 30.5. The van der Waals surface area contributed by atoms with Gasteiger partial charge in [-0.1, -0.05) is 41.9 Å². The van der Waals surface area contributed by atoms with Gasteiger partial charge in [-0.05, 0) is 88.1 Å². The maximum atomic E-state index is 14.1. The summed E-state index contributed by atoms with van der Waals surface area (Å²) in [7, 11) is 5.24. The van der Waals surface area contributed by atoms with Crippen LogP contribution in [0.1, 0.15) is 78.9 Å². The SMILES string of the molecule is COC(=O)c1c2c3ccc(Cl)c(c3n1C)-c1c(nn3c1CCCC3)CN(C(=O)OC(C)(C)C)Cc1cc(n(C)n1)CSc1cc(c3ccccc3c1)OCCC2. The van der Waals surface area contributed by atoms with Gasteiger partial charge in [0.1, 0.15) is 17.0 Å². The van der Waals surface area contributed by atoms with Gasteiger partial charge in [-0.15, -0.1) is 11.8 Å². The number of fused-ring (bicyclic) bond motifs is 10. The van der Waals surface area contributed by atoms with Crippen LogP contribution in [-0.2, 0) is 61.8 Å². The fourth-order valence-corrected chi connectivity index (χ4v) is 9.34. The normalized spacial score (nSPS) is 15.2. The van der Waals surface area contributed by atoms with Crippen LogP contribution in [0.25, 0.3) is 32.8 Å². The van der Waals surface area contributed by atoms with Crippen LogP contribution in [0, 0.1) is 0 Å². The Morgan fingerprint density at radius 3 is 2.55 bits per heavy atom. The molecule has 2 aliphatic heterocycles. The number of nitrogens with zero attached hydrogens (tertiary/aromatic N) is 6. The molecule has 0 aliphatic carbocycles. The van der Waals surface area contributed by atoms with Gasteiger partial charge in [0, 0.05) is 64.6 Å². The van der Waals surface area contributed by atoms with Crippen molar-refractivity contribution >= 4 is 57.1 Å². The van der Waals surface area contributed by atoms with Crippen molar-refractivity contribution in [2.75, 3.05) is 13.7 Å². The summed E-state index contributed by atoms with van der Waals surface area (Å²) >= 11 is 8.96. The number of hydrogen-bond donors (Lipinski definition) is 0. The first-order valence-electron chi connectivity index (χ1n) is 19.1. The maximum Gasteiger partial charge on any atom is 0.410 e. The first kappa shape index (κ1) is 38.0. The summed E-state index contributed by atoms with van der Waals surface area (Å²) in [5.41, 5.74) is 6.64. The van der Waals surface area contributed by atoms with E-state index in [9.17, 15) is 9.59 Å². The van der Waals surface area contributed by atoms with Crippen LogP contribution in [0.4, 0.5) is 4.79 Å². The highest BCUT2D eigenvalue weighted by Crippen LogP contribution is 2.44. The van der Waals surface area contributed by atoms with Crippen molar-refractivity contribution in [3.63, 3.8) is 0 Å². The van der Waals surface area contributed by atoms with Crippen LogP contribution in [0.5, 0.6) is 5.75 Å². The van der Waals surface area contributed by atoms with Gasteiger partial charge in [0.05, 0.1) is 48.7 Å². The third-order valence-corrected chi connectivity index (χ3v) is 11.9. The largest absolute Gasteiger partial charge is 0.493 e. The van der Waals surface area contributed by atoms with Crippen molar-refractivity contribution in [2.24, 2.45) is 14.1 Å². The number of amides is 1. The number of thioether (sulfide) groups is 1. The summed E-state index contributed by atoms with van der Waals surface area (Å²) in [6.45, 7) is 7.18. The lowest BCUT2D eigenvalue weighted by Gasteiger charge is -2.27. The molecule has 5 heterocycles. The molecule has 56 heavy (non-hydrogen) atoms. The van der Waals surface area contributed by atoms with Crippen LogP contribution in [-0.4, -0.2) is 60.4 Å². The van der Waals surface area contributed by atoms with Crippen LogP contribution in [0.15, 0.2) is 59.5 Å². The minimum absolute atomic E-state index is 0.163. The van der Waals surface area contributed by atoms with Gasteiger partial charge in [0.15, 0.2) is 0 Å². The van der Waals surface area contributed by atoms with Gasteiger partial charge in [-0.25, -0.2) is 9.59 Å². The second kappa shape index (κ2) is 15.2. The summed E-state index contributed by atoms with van der Waals surface area (Å²) in [5, 5.41) is 13.6. The fraction of sp³-hybridized carbons (Fsp3) is 0.395. The van der Waals surface area contributed by atoms with Gasteiger partial charge in [-0.3, -0.25) is 14.3 Å². The zero-order valence-corrected chi connectivity index (χ0v) is 34.4. The molecule has 292 valence electrons. The molecule has 0 N–H and O–H groups in total. The molecule has 2 aliphatic rings. The van der Waals surface area contributed by atoms with Crippen LogP contribution >= 0.6 is 23.4 Å². The fourth-order valence-electron chi connectivity index (χ4n) is 8.10. The zero-order chi connectivity index (χ0) is 39.3. The van der Waals surface area contributed by atoms with E-state index in [1.807, 2.05) is 68.4 Å². The molecule has 0 saturated carbocycles.